The van der Waals surface area contributed by atoms with Gasteiger partial charge in [0, 0.05) is 27.2 Å². The molecule has 1 amide bonds. The molecule has 0 saturated carbocycles. The van der Waals surface area contributed by atoms with E-state index < -0.39 is 0 Å². The molecule has 7 heteroatoms. The first kappa shape index (κ1) is 19.2. The summed E-state index contributed by atoms with van der Waals surface area (Å²) >= 11 is 0. The Morgan fingerprint density at radius 1 is 1.40 bits per heavy atom. The van der Waals surface area contributed by atoms with E-state index in [9.17, 15) is 9.18 Å². The fourth-order valence-electron chi connectivity index (χ4n) is 2.41. The van der Waals surface area contributed by atoms with Gasteiger partial charge in [0.1, 0.15) is 5.82 Å². The average molecular weight is 350 g/mol. The minimum Gasteiger partial charge on any atom is -0.376 e. The first-order chi connectivity index (χ1) is 12.0. The number of hydrogen-bond donors (Lipinski definition) is 2. The number of carbonyl (C=O) groups is 1. The molecule has 0 spiro atoms. The summed E-state index contributed by atoms with van der Waals surface area (Å²) in [5.41, 5.74) is 1.39. The molecule has 1 fully saturated rings. The first-order valence-corrected chi connectivity index (χ1v) is 8.54. The van der Waals surface area contributed by atoms with Crippen LogP contribution in [0.5, 0.6) is 0 Å². The zero-order valence-corrected chi connectivity index (χ0v) is 15.1. The zero-order chi connectivity index (χ0) is 18.2. The van der Waals surface area contributed by atoms with E-state index in [1.165, 1.54) is 11.0 Å². The molecule has 1 heterocycles. The maximum atomic E-state index is 13.7. The van der Waals surface area contributed by atoms with Crippen LogP contribution in [0, 0.1) is 12.7 Å². The lowest BCUT2D eigenvalue weighted by atomic mass is 10.1. The lowest BCUT2D eigenvalue weighted by Gasteiger charge is -2.17. The molecule has 2 N–H and O–H groups in total. The predicted octanol–water partition coefficient (Wildman–Crippen LogP) is 1.44. The van der Waals surface area contributed by atoms with E-state index in [-0.39, 0.29) is 24.4 Å². The van der Waals surface area contributed by atoms with Gasteiger partial charge in [0.05, 0.1) is 19.2 Å². The number of aliphatic imine (C=N–C) groups is 1. The number of nitrogens with zero attached hydrogens (tertiary/aromatic N) is 2. The van der Waals surface area contributed by atoms with Crippen LogP contribution in [-0.2, 0) is 16.1 Å². The normalized spacial score (nSPS) is 17.4. The van der Waals surface area contributed by atoms with Crippen LogP contribution in [0.4, 0.5) is 4.39 Å². The van der Waals surface area contributed by atoms with Crippen LogP contribution in [0.3, 0.4) is 0 Å². The maximum absolute atomic E-state index is 13.7. The Morgan fingerprint density at radius 3 is 2.84 bits per heavy atom. The number of rotatable bonds is 6. The SMILES string of the molecule is Cc1ccc(CN=C(NCC(=O)N(C)C)NCC2CCCO2)cc1F. The molecule has 0 aromatic heterocycles. The van der Waals surface area contributed by atoms with Crippen LogP contribution >= 0.6 is 0 Å². The number of carbonyl (C=O) groups excluding carboxylic acids is 1. The smallest absolute Gasteiger partial charge is 0.241 e. The minimum absolute atomic E-state index is 0.0482. The van der Waals surface area contributed by atoms with E-state index in [1.807, 2.05) is 6.07 Å². The van der Waals surface area contributed by atoms with Crippen molar-refractivity contribution in [2.45, 2.75) is 32.4 Å². The molecule has 1 unspecified atom stereocenters. The van der Waals surface area contributed by atoms with Gasteiger partial charge in [0.15, 0.2) is 5.96 Å². The lowest BCUT2D eigenvalue weighted by molar-refractivity contribution is -0.127. The van der Waals surface area contributed by atoms with Crippen LogP contribution in [-0.4, -0.2) is 56.7 Å². The molecule has 0 aliphatic carbocycles. The summed E-state index contributed by atoms with van der Waals surface area (Å²) in [6.45, 7) is 3.62. The Balaban J connectivity index is 1.97. The van der Waals surface area contributed by atoms with Gasteiger partial charge in [0.2, 0.25) is 5.91 Å². The van der Waals surface area contributed by atoms with Crippen molar-refractivity contribution in [1.82, 2.24) is 15.5 Å². The second-order valence-corrected chi connectivity index (χ2v) is 6.41. The minimum atomic E-state index is -0.239. The molecule has 1 aromatic rings. The second-order valence-electron chi connectivity index (χ2n) is 6.41. The van der Waals surface area contributed by atoms with E-state index in [2.05, 4.69) is 15.6 Å². The molecule has 6 nitrogen and oxygen atoms in total. The topological polar surface area (TPSA) is 66.0 Å². The molecule has 1 aromatic carbocycles. The van der Waals surface area contributed by atoms with Crippen molar-refractivity contribution in [2.24, 2.45) is 4.99 Å². The highest BCUT2D eigenvalue weighted by Crippen LogP contribution is 2.11. The number of ether oxygens (including phenoxy) is 1. The number of amides is 1. The summed E-state index contributed by atoms with van der Waals surface area (Å²) in [4.78, 5) is 17.7. The largest absolute Gasteiger partial charge is 0.376 e. The van der Waals surface area contributed by atoms with E-state index in [0.29, 0.717) is 24.6 Å². The second kappa shape index (κ2) is 9.36. The summed E-state index contributed by atoms with van der Waals surface area (Å²) < 4.78 is 19.2. The molecule has 25 heavy (non-hydrogen) atoms. The molecule has 138 valence electrons. The van der Waals surface area contributed by atoms with Crippen molar-refractivity contribution in [1.29, 1.82) is 0 Å². The standard InChI is InChI=1S/C18H27FN4O2/c1-13-6-7-14(9-16(13)19)10-20-18(22-12-17(24)23(2)3)21-11-15-5-4-8-25-15/h6-7,9,15H,4-5,8,10-12H2,1-3H3,(H2,20,21,22). The number of aryl methyl sites for hydroxylation is 1. The Bertz CT molecular complexity index is 613. The molecule has 1 saturated heterocycles. The van der Waals surface area contributed by atoms with Gasteiger partial charge in [-0.15, -0.1) is 0 Å². The Kier molecular flexibility index (Phi) is 7.18. The fraction of sp³-hybridized carbons (Fsp3) is 0.556. The van der Waals surface area contributed by atoms with Crippen LogP contribution in [0.2, 0.25) is 0 Å². The van der Waals surface area contributed by atoms with Crippen LogP contribution < -0.4 is 10.6 Å². The van der Waals surface area contributed by atoms with Crippen molar-refractivity contribution < 1.29 is 13.9 Å². The van der Waals surface area contributed by atoms with Gasteiger partial charge in [-0.25, -0.2) is 9.38 Å². The summed E-state index contributed by atoms with van der Waals surface area (Å²) in [7, 11) is 3.41. The zero-order valence-electron chi connectivity index (χ0n) is 15.1. The highest BCUT2D eigenvalue weighted by atomic mass is 19.1. The third-order valence-corrected chi connectivity index (χ3v) is 4.08. The van der Waals surface area contributed by atoms with Gasteiger partial charge in [-0.05, 0) is 37.0 Å². The Morgan fingerprint density at radius 2 is 2.20 bits per heavy atom. The van der Waals surface area contributed by atoms with Crippen molar-refractivity contribution in [2.75, 3.05) is 33.8 Å². The molecule has 1 aliphatic heterocycles. The number of nitrogens with one attached hydrogen (secondary N) is 2. The first-order valence-electron chi connectivity index (χ1n) is 8.54. The lowest BCUT2D eigenvalue weighted by Crippen LogP contribution is -2.45. The van der Waals surface area contributed by atoms with E-state index in [4.69, 9.17) is 4.74 Å². The number of hydrogen-bond acceptors (Lipinski definition) is 3. The summed E-state index contributed by atoms with van der Waals surface area (Å²) in [6.07, 6.45) is 2.24. The van der Waals surface area contributed by atoms with Gasteiger partial charge < -0.3 is 20.3 Å². The highest BCUT2D eigenvalue weighted by molar-refractivity contribution is 5.86. The third kappa shape index (κ3) is 6.34. The van der Waals surface area contributed by atoms with Crippen molar-refractivity contribution in [3.05, 3.63) is 35.1 Å². The predicted molar refractivity (Wildman–Crippen MR) is 95.9 cm³/mol. The molecule has 2 rings (SSSR count). The van der Waals surface area contributed by atoms with E-state index in [0.717, 1.165) is 25.0 Å². The van der Waals surface area contributed by atoms with E-state index in [1.54, 1.807) is 27.1 Å². The molecule has 1 atom stereocenters. The van der Waals surface area contributed by atoms with Crippen LogP contribution in [0.1, 0.15) is 24.0 Å². The monoisotopic (exact) mass is 350 g/mol. The number of benzene rings is 1. The summed E-state index contributed by atoms with van der Waals surface area (Å²) in [5.74, 6) is 0.233. The number of likely N-dealkylation sites (N-methyl/N-ethyl adjacent to an activating group) is 1. The third-order valence-electron chi connectivity index (χ3n) is 4.08. The molecular formula is C18H27FN4O2. The number of halogens is 1. The molecule has 0 bridgehead atoms. The van der Waals surface area contributed by atoms with Gasteiger partial charge >= 0.3 is 0 Å². The quantitative estimate of drug-likeness (QED) is 0.602. The van der Waals surface area contributed by atoms with Crippen molar-refractivity contribution in [3.8, 4) is 0 Å². The van der Waals surface area contributed by atoms with Crippen molar-refractivity contribution in [3.63, 3.8) is 0 Å². The maximum Gasteiger partial charge on any atom is 0.241 e. The number of guanidine groups is 1. The fourth-order valence-corrected chi connectivity index (χ4v) is 2.41. The van der Waals surface area contributed by atoms with Gasteiger partial charge in [-0.1, -0.05) is 12.1 Å². The average Bonchev–Trinajstić information content (AvgIpc) is 3.10. The summed E-state index contributed by atoms with van der Waals surface area (Å²) in [5, 5.41) is 6.22. The Labute approximate surface area is 148 Å². The van der Waals surface area contributed by atoms with Gasteiger partial charge in [-0.3, -0.25) is 4.79 Å². The summed E-state index contributed by atoms with van der Waals surface area (Å²) in [6, 6.07) is 5.08. The van der Waals surface area contributed by atoms with Gasteiger partial charge in [0.25, 0.3) is 0 Å². The Hall–Kier alpha value is -2.15. The van der Waals surface area contributed by atoms with Crippen LogP contribution in [0.15, 0.2) is 23.2 Å². The van der Waals surface area contributed by atoms with Crippen molar-refractivity contribution >= 4 is 11.9 Å². The van der Waals surface area contributed by atoms with Crippen LogP contribution in [0.25, 0.3) is 0 Å². The highest BCUT2D eigenvalue weighted by Gasteiger charge is 2.16. The molecule has 1 aliphatic rings. The van der Waals surface area contributed by atoms with E-state index >= 15 is 0 Å². The van der Waals surface area contributed by atoms with Gasteiger partial charge in [-0.2, -0.15) is 0 Å². The molecule has 0 radical (unpaired) electrons. The molecular weight excluding hydrogens is 323 g/mol.